The van der Waals surface area contributed by atoms with Gasteiger partial charge in [-0.15, -0.1) is 0 Å². The third-order valence-corrected chi connectivity index (χ3v) is 5.39. The SMILES string of the molecule is CC(C)c1c(C(=O)NNC(=O)C2CC(c3ccccc3)NN2)cnn1-c1ccc(F)cc1. The molecular formula is C23H25FN6O2. The van der Waals surface area contributed by atoms with Gasteiger partial charge in [0.25, 0.3) is 11.8 Å². The average Bonchev–Trinajstić information content (AvgIpc) is 3.46. The van der Waals surface area contributed by atoms with Gasteiger partial charge in [-0.3, -0.25) is 20.4 Å². The summed E-state index contributed by atoms with van der Waals surface area (Å²) >= 11 is 0. The van der Waals surface area contributed by atoms with E-state index in [1.54, 1.807) is 16.8 Å². The van der Waals surface area contributed by atoms with Crippen molar-refractivity contribution >= 4 is 11.8 Å². The fourth-order valence-corrected chi connectivity index (χ4v) is 3.78. The van der Waals surface area contributed by atoms with Crippen LogP contribution >= 0.6 is 0 Å². The lowest BCUT2D eigenvalue weighted by Gasteiger charge is -2.14. The molecule has 4 N–H and O–H groups in total. The van der Waals surface area contributed by atoms with E-state index < -0.39 is 11.9 Å². The molecule has 0 radical (unpaired) electrons. The molecule has 32 heavy (non-hydrogen) atoms. The number of rotatable bonds is 5. The van der Waals surface area contributed by atoms with E-state index in [1.807, 2.05) is 44.2 Å². The zero-order valence-electron chi connectivity index (χ0n) is 17.8. The van der Waals surface area contributed by atoms with Gasteiger partial charge in [0.15, 0.2) is 0 Å². The van der Waals surface area contributed by atoms with Crippen LogP contribution in [0.1, 0.15) is 53.8 Å². The number of carbonyl (C=O) groups excluding carboxylic acids is 2. The molecule has 2 aromatic carbocycles. The van der Waals surface area contributed by atoms with Gasteiger partial charge < -0.3 is 0 Å². The van der Waals surface area contributed by atoms with Crippen LogP contribution in [-0.2, 0) is 4.79 Å². The van der Waals surface area contributed by atoms with Crippen LogP contribution in [0.4, 0.5) is 4.39 Å². The Bertz CT molecular complexity index is 1100. The molecule has 2 atom stereocenters. The van der Waals surface area contributed by atoms with Crippen LogP contribution in [0.3, 0.4) is 0 Å². The van der Waals surface area contributed by atoms with Gasteiger partial charge in [0.2, 0.25) is 0 Å². The van der Waals surface area contributed by atoms with E-state index in [-0.39, 0.29) is 23.7 Å². The average molecular weight is 436 g/mol. The zero-order chi connectivity index (χ0) is 22.7. The summed E-state index contributed by atoms with van der Waals surface area (Å²) in [7, 11) is 0. The largest absolute Gasteiger partial charge is 0.273 e. The fraction of sp³-hybridized carbons (Fsp3) is 0.261. The molecular weight excluding hydrogens is 411 g/mol. The first-order valence-corrected chi connectivity index (χ1v) is 10.4. The topological polar surface area (TPSA) is 100 Å². The first-order valence-electron chi connectivity index (χ1n) is 10.4. The Labute approximate surface area is 185 Å². The number of benzene rings is 2. The number of aromatic nitrogens is 2. The van der Waals surface area contributed by atoms with Crippen molar-refractivity contribution in [3.05, 3.63) is 83.4 Å². The molecule has 9 heteroatoms. The minimum atomic E-state index is -0.494. The predicted octanol–water partition coefficient (Wildman–Crippen LogP) is 2.50. The third kappa shape index (κ3) is 4.53. The Kier molecular flexibility index (Phi) is 6.29. The summed E-state index contributed by atoms with van der Waals surface area (Å²) < 4.78 is 14.9. The van der Waals surface area contributed by atoms with Gasteiger partial charge in [0.05, 0.1) is 23.1 Å². The second kappa shape index (κ2) is 9.29. The Morgan fingerprint density at radius 3 is 2.47 bits per heavy atom. The summed E-state index contributed by atoms with van der Waals surface area (Å²) in [5.41, 5.74) is 13.8. The first kappa shape index (κ1) is 21.7. The Morgan fingerprint density at radius 1 is 1.06 bits per heavy atom. The van der Waals surface area contributed by atoms with E-state index in [0.29, 0.717) is 23.4 Å². The monoisotopic (exact) mass is 436 g/mol. The molecule has 1 aromatic heterocycles. The molecule has 8 nitrogen and oxygen atoms in total. The third-order valence-electron chi connectivity index (χ3n) is 5.39. The number of carbonyl (C=O) groups is 2. The minimum absolute atomic E-state index is 0.00383. The van der Waals surface area contributed by atoms with Crippen molar-refractivity contribution in [1.29, 1.82) is 0 Å². The molecule has 2 amide bonds. The maximum atomic E-state index is 13.3. The highest BCUT2D eigenvalue weighted by Crippen LogP contribution is 2.24. The van der Waals surface area contributed by atoms with Gasteiger partial charge >= 0.3 is 0 Å². The van der Waals surface area contributed by atoms with Crippen LogP contribution in [0.5, 0.6) is 0 Å². The minimum Gasteiger partial charge on any atom is -0.271 e. The van der Waals surface area contributed by atoms with Crippen LogP contribution in [0.15, 0.2) is 60.8 Å². The van der Waals surface area contributed by atoms with Crippen molar-refractivity contribution in [2.24, 2.45) is 0 Å². The van der Waals surface area contributed by atoms with Crippen molar-refractivity contribution in [3.8, 4) is 5.69 Å². The summed E-state index contributed by atoms with van der Waals surface area (Å²) in [6, 6.07) is 15.2. The molecule has 0 bridgehead atoms. The fourth-order valence-electron chi connectivity index (χ4n) is 3.78. The maximum Gasteiger partial charge on any atom is 0.273 e. The van der Waals surface area contributed by atoms with Crippen molar-refractivity contribution < 1.29 is 14.0 Å². The lowest BCUT2D eigenvalue weighted by Crippen LogP contribution is -2.50. The molecule has 0 saturated carbocycles. The molecule has 4 rings (SSSR count). The second-order valence-corrected chi connectivity index (χ2v) is 7.97. The van der Waals surface area contributed by atoms with Crippen LogP contribution < -0.4 is 21.7 Å². The number of amides is 2. The molecule has 1 saturated heterocycles. The highest BCUT2D eigenvalue weighted by molar-refractivity contribution is 5.97. The Morgan fingerprint density at radius 2 is 1.78 bits per heavy atom. The second-order valence-electron chi connectivity index (χ2n) is 7.97. The lowest BCUT2D eigenvalue weighted by atomic mass is 10.0. The summed E-state index contributed by atoms with van der Waals surface area (Å²) in [6.45, 7) is 3.87. The molecule has 1 aliphatic heterocycles. The lowest BCUT2D eigenvalue weighted by molar-refractivity contribution is -0.123. The maximum absolute atomic E-state index is 13.3. The van der Waals surface area contributed by atoms with Crippen molar-refractivity contribution in [2.75, 3.05) is 0 Å². The van der Waals surface area contributed by atoms with Gasteiger partial charge in [0.1, 0.15) is 11.9 Å². The smallest absolute Gasteiger partial charge is 0.271 e. The molecule has 166 valence electrons. The van der Waals surface area contributed by atoms with Gasteiger partial charge in [-0.25, -0.2) is 19.9 Å². The van der Waals surface area contributed by atoms with Crippen molar-refractivity contribution in [1.82, 2.24) is 31.5 Å². The van der Waals surface area contributed by atoms with E-state index in [4.69, 9.17) is 0 Å². The first-order chi connectivity index (χ1) is 15.4. The number of hydrogen-bond acceptors (Lipinski definition) is 5. The van der Waals surface area contributed by atoms with Crippen molar-refractivity contribution in [3.63, 3.8) is 0 Å². The van der Waals surface area contributed by atoms with E-state index in [1.165, 1.54) is 18.3 Å². The number of halogens is 1. The van der Waals surface area contributed by atoms with Crippen molar-refractivity contribution in [2.45, 2.75) is 38.3 Å². The summed E-state index contributed by atoms with van der Waals surface area (Å²) in [5.74, 6) is -1.20. The number of hydrogen-bond donors (Lipinski definition) is 4. The normalized spacial score (nSPS) is 18.0. The van der Waals surface area contributed by atoms with E-state index in [9.17, 15) is 14.0 Å². The number of nitrogens with zero attached hydrogens (tertiary/aromatic N) is 2. The Balaban J connectivity index is 1.41. The number of hydrazine groups is 2. The molecule has 2 unspecified atom stereocenters. The number of nitrogens with one attached hydrogen (secondary N) is 4. The van der Waals surface area contributed by atoms with Crippen LogP contribution in [0, 0.1) is 5.82 Å². The highest BCUT2D eigenvalue weighted by atomic mass is 19.1. The summed E-state index contributed by atoms with van der Waals surface area (Å²) in [5, 5.41) is 4.30. The van der Waals surface area contributed by atoms with Crippen LogP contribution in [0.2, 0.25) is 0 Å². The standard InChI is InChI=1S/C23H25FN6O2/c1-14(2)21-18(13-25-30(21)17-10-8-16(24)9-11-17)22(31)28-29-23(32)20-12-19(26-27-20)15-6-4-3-5-7-15/h3-11,13-14,19-20,26-27H,12H2,1-2H3,(H,28,31)(H,29,32). The van der Waals surface area contributed by atoms with Gasteiger partial charge in [-0.2, -0.15) is 5.10 Å². The molecule has 0 aliphatic carbocycles. The van der Waals surface area contributed by atoms with Crippen LogP contribution in [-0.4, -0.2) is 27.6 Å². The van der Waals surface area contributed by atoms with Gasteiger partial charge in [-0.05, 0) is 42.2 Å². The molecule has 1 aliphatic rings. The quantitative estimate of drug-likeness (QED) is 0.461. The molecule has 1 fully saturated rings. The van der Waals surface area contributed by atoms with E-state index >= 15 is 0 Å². The highest BCUT2D eigenvalue weighted by Gasteiger charge is 2.30. The molecule has 3 aromatic rings. The van der Waals surface area contributed by atoms with E-state index in [0.717, 1.165) is 5.56 Å². The Hall–Kier alpha value is -3.56. The van der Waals surface area contributed by atoms with Gasteiger partial charge in [-0.1, -0.05) is 44.2 Å². The summed E-state index contributed by atoms with van der Waals surface area (Å²) in [4.78, 5) is 25.3. The predicted molar refractivity (Wildman–Crippen MR) is 117 cm³/mol. The van der Waals surface area contributed by atoms with Gasteiger partial charge in [0, 0.05) is 6.04 Å². The molecule has 2 heterocycles. The summed E-state index contributed by atoms with van der Waals surface area (Å²) in [6.07, 6.45) is 1.99. The zero-order valence-corrected chi connectivity index (χ0v) is 17.8. The molecule has 0 spiro atoms. The van der Waals surface area contributed by atoms with Crippen LogP contribution in [0.25, 0.3) is 5.69 Å². The van der Waals surface area contributed by atoms with E-state index in [2.05, 4.69) is 26.8 Å².